The minimum atomic E-state index is -0.865. The van der Waals surface area contributed by atoms with Crippen molar-refractivity contribution >= 4 is 11.9 Å². The molecule has 0 spiro atoms. The molecule has 0 radical (unpaired) electrons. The number of carbonyl (C=O) groups excluding carboxylic acids is 1. The van der Waals surface area contributed by atoms with Crippen molar-refractivity contribution in [3.05, 3.63) is 0 Å². The minimum Gasteiger partial charge on any atom is -0.480 e. The summed E-state index contributed by atoms with van der Waals surface area (Å²) in [6.45, 7) is 2.47. The van der Waals surface area contributed by atoms with Gasteiger partial charge in [0.15, 0.2) is 0 Å². The Morgan fingerprint density at radius 1 is 1.38 bits per heavy atom. The standard InChI is InChI=1S/C11H18N2O3/c14-10(6-8-3-4-12-7-8)13-5-1-2-9(13)11(15)16/h8-9,12H,1-7H2,(H,15,16)/t8?,9-/m0/s1. The molecule has 0 aromatic carbocycles. The van der Waals surface area contributed by atoms with Crippen LogP contribution in [0.1, 0.15) is 25.7 Å². The summed E-state index contributed by atoms with van der Waals surface area (Å²) in [4.78, 5) is 24.4. The highest BCUT2D eigenvalue weighted by atomic mass is 16.4. The molecular formula is C11H18N2O3. The van der Waals surface area contributed by atoms with Crippen molar-refractivity contribution in [2.75, 3.05) is 19.6 Å². The third-order valence-electron chi connectivity index (χ3n) is 3.48. The number of amides is 1. The number of hydrogen-bond donors (Lipinski definition) is 2. The smallest absolute Gasteiger partial charge is 0.326 e. The van der Waals surface area contributed by atoms with Gasteiger partial charge < -0.3 is 15.3 Å². The molecule has 5 nitrogen and oxygen atoms in total. The summed E-state index contributed by atoms with van der Waals surface area (Å²) in [7, 11) is 0. The van der Waals surface area contributed by atoms with Crippen LogP contribution in [-0.2, 0) is 9.59 Å². The molecule has 0 aromatic rings. The molecule has 0 saturated carbocycles. The van der Waals surface area contributed by atoms with Crippen LogP contribution in [0, 0.1) is 5.92 Å². The highest BCUT2D eigenvalue weighted by molar-refractivity contribution is 5.84. The van der Waals surface area contributed by atoms with E-state index in [0.29, 0.717) is 25.3 Å². The van der Waals surface area contributed by atoms with Gasteiger partial charge in [-0.1, -0.05) is 0 Å². The van der Waals surface area contributed by atoms with Crippen LogP contribution in [0.3, 0.4) is 0 Å². The molecule has 1 unspecified atom stereocenters. The van der Waals surface area contributed by atoms with Gasteiger partial charge in [0.25, 0.3) is 0 Å². The Balaban J connectivity index is 1.90. The fraction of sp³-hybridized carbons (Fsp3) is 0.818. The lowest BCUT2D eigenvalue weighted by molar-refractivity contribution is -0.148. The van der Waals surface area contributed by atoms with Crippen LogP contribution in [0.2, 0.25) is 0 Å². The van der Waals surface area contributed by atoms with E-state index in [1.807, 2.05) is 0 Å². The van der Waals surface area contributed by atoms with Gasteiger partial charge in [-0.05, 0) is 38.3 Å². The Hall–Kier alpha value is -1.10. The van der Waals surface area contributed by atoms with E-state index in [1.54, 1.807) is 4.90 Å². The van der Waals surface area contributed by atoms with Gasteiger partial charge in [0, 0.05) is 13.0 Å². The quantitative estimate of drug-likeness (QED) is 0.714. The van der Waals surface area contributed by atoms with Crippen molar-refractivity contribution in [2.24, 2.45) is 5.92 Å². The molecule has 2 atom stereocenters. The monoisotopic (exact) mass is 226 g/mol. The average Bonchev–Trinajstić information content (AvgIpc) is 2.86. The van der Waals surface area contributed by atoms with Gasteiger partial charge >= 0.3 is 5.97 Å². The Kier molecular flexibility index (Phi) is 3.43. The van der Waals surface area contributed by atoms with Crippen LogP contribution in [0.4, 0.5) is 0 Å². The van der Waals surface area contributed by atoms with E-state index in [1.165, 1.54) is 0 Å². The SMILES string of the molecule is O=C(O)[C@@H]1CCCN1C(=O)CC1CCNC1. The average molecular weight is 226 g/mol. The van der Waals surface area contributed by atoms with Crippen LogP contribution < -0.4 is 5.32 Å². The molecule has 5 heteroatoms. The second-order valence-electron chi connectivity index (χ2n) is 4.65. The minimum absolute atomic E-state index is 0.0126. The molecule has 0 aliphatic carbocycles. The predicted octanol–water partition coefficient (Wildman–Crippen LogP) is 0.0616. The Morgan fingerprint density at radius 3 is 2.81 bits per heavy atom. The third kappa shape index (κ3) is 2.35. The van der Waals surface area contributed by atoms with Crippen LogP contribution in [-0.4, -0.2) is 47.6 Å². The predicted molar refractivity (Wildman–Crippen MR) is 58.0 cm³/mol. The molecular weight excluding hydrogens is 208 g/mol. The summed E-state index contributed by atoms with van der Waals surface area (Å²) < 4.78 is 0. The fourth-order valence-corrected chi connectivity index (χ4v) is 2.57. The summed E-state index contributed by atoms with van der Waals surface area (Å²) in [6.07, 6.45) is 2.93. The van der Waals surface area contributed by atoms with Gasteiger partial charge in [-0.25, -0.2) is 4.79 Å². The zero-order chi connectivity index (χ0) is 11.5. The first-order valence-electron chi connectivity index (χ1n) is 5.91. The van der Waals surface area contributed by atoms with Crippen LogP contribution in [0.5, 0.6) is 0 Å². The molecule has 16 heavy (non-hydrogen) atoms. The van der Waals surface area contributed by atoms with Crippen LogP contribution >= 0.6 is 0 Å². The van der Waals surface area contributed by atoms with E-state index in [0.717, 1.165) is 25.9 Å². The van der Waals surface area contributed by atoms with Gasteiger partial charge in [0.05, 0.1) is 0 Å². The number of carbonyl (C=O) groups is 2. The zero-order valence-electron chi connectivity index (χ0n) is 9.32. The van der Waals surface area contributed by atoms with E-state index in [4.69, 9.17) is 5.11 Å². The molecule has 2 heterocycles. The summed E-state index contributed by atoms with van der Waals surface area (Å²) in [6, 6.07) is -0.582. The lowest BCUT2D eigenvalue weighted by Gasteiger charge is -2.22. The van der Waals surface area contributed by atoms with Gasteiger partial charge in [-0.3, -0.25) is 4.79 Å². The lowest BCUT2D eigenvalue weighted by atomic mass is 10.0. The number of likely N-dealkylation sites (tertiary alicyclic amines) is 1. The first-order chi connectivity index (χ1) is 7.68. The zero-order valence-corrected chi connectivity index (χ0v) is 9.32. The second-order valence-corrected chi connectivity index (χ2v) is 4.65. The summed E-state index contributed by atoms with van der Waals surface area (Å²) >= 11 is 0. The molecule has 90 valence electrons. The fourth-order valence-electron chi connectivity index (χ4n) is 2.57. The lowest BCUT2D eigenvalue weighted by Crippen LogP contribution is -2.41. The summed E-state index contributed by atoms with van der Waals surface area (Å²) in [5.41, 5.74) is 0. The van der Waals surface area contributed by atoms with E-state index < -0.39 is 12.0 Å². The maximum atomic E-state index is 12.0. The first-order valence-corrected chi connectivity index (χ1v) is 5.91. The van der Waals surface area contributed by atoms with Crippen molar-refractivity contribution in [1.82, 2.24) is 10.2 Å². The van der Waals surface area contributed by atoms with Gasteiger partial charge in [0.2, 0.25) is 5.91 Å². The van der Waals surface area contributed by atoms with Crippen molar-refractivity contribution in [2.45, 2.75) is 31.7 Å². The maximum absolute atomic E-state index is 12.0. The highest BCUT2D eigenvalue weighted by Gasteiger charge is 2.34. The molecule has 2 rings (SSSR count). The molecule has 0 aromatic heterocycles. The van der Waals surface area contributed by atoms with E-state index in [2.05, 4.69) is 5.32 Å². The van der Waals surface area contributed by atoms with Gasteiger partial charge in [-0.2, -0.15) is 0 Å². The summed E-state index contributed by atoms with van der Waals surface area (Å²) in [5.74, 6) is -0.462. The van der Waals surface area contributed by atoms with E-state index in [9.17, 15) is 9.59 Å². The maximum Gasteiger partial charge on any atom is 0.326 e. The highest BCUT2D eigenvalue weighted by Crippen LogP contribution is 2.21. The van der Waals surface area contributed by atoms with Crippen molar-refractivity contribution < 1.29 is 14.7 Å². The Morgan fingerprint density at radius 2 is 2.19 bits per heavy atom. The number of carboxylic acids is 1. The second kappa shape index (κ2) is 4.82. The number of nitrogens with one attached hydrogen (secondary N) is 1. The van der Waals surface area contributed by atoms with Crippen LogP contribution in [0.15, 0.2) is 0 Å². The first kappa shape index (κ1) is 11.4. The Labute approximate surface area is 94.8 Å². The number of hydrogen-bond acceptors (Lipinski definition) is 3. The number of aliphatic carboxylic acids is 1. The molecule has 2 N–H and O–H groups in total. The molecule has 2 aliphatic heterocycles. The Bertz CT molecular complexity index is 287. The molecule has 2 aliphatic rings. The van der Waals surface area contributed by atoms with Gasteiger partial charge in [-0.15, -0.1) is 0 Å². The molecule has 2 saturated heterocycles. The number of rotatable bonds is 3. The van der Waals surface area contributed by atoms with E-state index >= 15 is 0 Å². The summed E-state index contributed by atoms with van der Waals surface area (Å²) in [5, 5.41) is 12.2. The van der Waals surface area contributed by atoms with Crippen molar-refractivity contribution in [3.63, 3.8) is 0 Å². The largest absolute Gasteiger partial charge is 0.480 e. The number of carboxylic acid groups (broad SMARTS) is 1. The third-order valence-corrected chi connectivity index (χ3v) is 3.48. The van der Waals surface area contributed by atoms with E-state index in [-0.39, 0.29) is 5.91 Å². The normalized spacial score (nSPS) is 29.6. The topological polar surface area (TPSA) is 69.6 Å². The molecule has 0 bridgehead atoms. The number of nitrogens with zero attached hydrogens (tertiary/aromatic N) is 1. The van der Waals surface area contributed by atoms with Crippen molar-refractivity contribution in [3.8, 4) is 0 Å². The van der Waals surface area contributed by atoms with Crippen LogP contribution in [0.25, 0.3) is 0 Å². The van der Waals surface area contributed by atoms with Crippen molar-refractivity contribution in [1.29, 1.82) is 0 Å². The molecule has 1 amide bonds. The molecule has 2 fully saturated rings. The van der Waals surface area contributed by atoms with Gasteiger partial charge in [0.1, 0.15) is 6.04 Å².